The summed E-state index contributed by atoms with van der Waals surface area (Å²) in [6.07, 6.45) is 4.13. The van der Waals surface area contributed by atoms with Crippen LogP contribution in [0.1, 0.15) is 65.3 Å². The number of benzene rings is 1. The summed E-state index contributed by atoms with van der Waals surface area (Å²) in [5.41, 5.74) is 1.87. The minimum Gasteiger partial charge on any atom is -0.339 e. The van der Waals surface area contributed by atoms with Gasteiger partial charge in [0.15, 0.2) is 5.82 Å². The largest absolute Gasteiger partial charge is 0.339 e. The maximum Gasteiger partial charge on any atom is 0.254 e. The first kappa shape index (κ1) is 16.3. The van der Waals surface area contributed by atoms with Crippen LogP contribution in [-0.2, 0) is 6.54 Å². The molecule has 0 N–H and O–H groups in total. The highest BCUT2D eigenvalue weighted by molar-refractivity contribution is 5.94. The normalized spacial score (nSPS) is 20.4. The minimum absolute atomic E-state index is 0.0564. The van der Waals surface area contributed by atoms with E-state index in [1.807, 2.05) is 37.2 Å². The third kappa shape index (κ3) is 3.44. The van der Waals surface area contributed by atoms with Gasteiger partial charge < -0.3 is 14.3 Å². The molecule has 2 fully saturated rings. The maximum atomic E-state index is 13.0. The number of rotatable bonds is 5. The second-order valence-corrected chi connectivity index (χ2v) is 7.36. The quantitative estimate of drug-likeness (QED) is 0.837. The topological polar surface area (TPSA) is 62.5 Å². The van der Waals surface area contributed by atoms with Crippen molar-refractivity contribution in [1.29, 1.82) is 0 Å². The van der Waals surface area contributed by atoms with Crippen molar-refractivity contribution >= 4 is 5.91 Å². The van der Waals surface area contributed by atoms with Crippen LogP contribution in [0.5, 0.6) is 0 Å². The lowest BCUT2D eigenvalue weighted by Crippen LogP contribution is -2.31. The van der Waals surface area contributed by atoms with Gasteiger partial charge in [-0.3, -0.25) is 4.79 Å². The van der Waals surface area contributed by atoms with Crippen LogP contribution in [0.25, 0.3) is 0 Å². The maximum absolute atomic E-state index is 13.0. The van der Waals surface area contributed by atoms with Crippen molar-refractivity contribution in [3.05, 3.63) is 47.1 Å². The second kappa shape index (κ2) is 6.59. The van der Waals surface area contributed by atoms with Crippen molar-refractivity contribution in [3.8, 4) is 0 Å². The van der Waals surface area contributed by atoms with Crippen molar-refractivity contribution in [2.24, 2.45) is 0 Å². The average molecular weight is 340 g/mol. The van der Waals surface area contributed by atoms with Gasteiger partial charge in [0.25, 0.3) is 5.91 Å². The van der Waals surface area contributed by atoms with Gasteiger partial charge in [0, 0.05) is 24.6 Å². The van der Waals surface area contributed by atoms with Gasteiger partial charge in [0.1, 0.15) is 0 Å². The van der Waals surface area contributed by atoms with Crippen molar-refractivity contribution in [2.75, 3.05) is 20.6 Å². The van der Waals surface area contributed by atoms with Crippen LogP contribution in [-0.4, -0.2) is 46.5 Å². The molecular weight excluding hydrogens is 316 g/mol. The van der Waals surface area contributed by atoms with Gasteiger partial charge in [-0.2, -0.15) is 4.98 Å². The minimum atomic E-state index is -0.0683. The van der Waals surface area contributed by atoms with Crippen LogP contribution in [0.15, 0.2) is 28.8 Å². The lowest BCUT2D eigenvalue weighted by Gasteiger charge is -2.22. The fraction of sp³-hybridized carbons (Fsp3) is 0.526. The number of aromatic nitrogens is 2. The number of carbonyl (C=O) groups excluding carboxylic acids is 1. The molecule has 1 aliphatic heterocycles. The van der Waals surface area contributed by atoms with E-state index in [4.69, 9.17) is 4.52 Å². The van der Waals surface area contributed by atoms with E-state index in [-0.39, 0.29) is 11.9 Å². The molecule has 2 aliphatic rings. The molecule has 0 radical (unpaired) electrons. The van der Waals surface area contributed by atoms with Crippen LogP contribution in [0.3, 0.4) is 0 Å². The monoisotopic (exact) mass is 340 g/mol. The number of carbonyl (C=O) groups is 1. The molecule has 2 aromatic rings. The van der Waals surface area contributed by atoms with Gasteiger partial charge in [0.2, 0.25) is 5.89 Å². The van der Waals surface area contributed by atoms with E-state index in [0.717, 1.165) is 55.8 Å². The SMILES string of the molecule is CN(C)Cc1cccc(C(=O)N2CCC[C@H]2c2noc(C3CC3)n2)c1. The average Bonchev–Trinajstić information content (AvgIpc) is 3.13. The highest BCUT2D eigenvalue weighted by Gasteiger charge is 2.36. The predicted octanol–water partition coefficient (Wildman–Crippen LogP) is 2.99. The highest BCUT2D eigenvalue weighted by Crippen LogP contribution is 2.40. The Morgan fingerprint density at radius 3 is 2.92 bits per heavy atom. The van der Waals surface area contributed by atoms with E-state index in [1.54, 1.807) is 0 Å². The highest BCUT2D eigenvalue weighted by atomic mass is 16.5. The van der Waals surface area contributed by atoms with E-state index in [2.05, 4.69) is 21.1 Å². The standard InChI is InChI=1S/C19H24N4O2/c1-22(2)12-13-5-3-6-15(11-13)19(24)23-10-4-7-16(23)17-20-18(25-21-17)14-8-9-14/h3,5-6,11,14,16H,4,7-10,12H2,1-2H3/t16-/m0/s1. The van der Waals surface area contributed by atoms with E-state index in [1.165, 1.54) is 0 Å². The summed E-state index contributed by atoms with van der Waals surface area (Å²) in [6.45, 7) is 1.56. The van der Waals surface area contributed by atoms with Crippen LogP contribution in [0, 0.1) is 0 Å². The lowest BCUT2D eigenvalue weighted by molar-refractivity contribution is 0.0728. The lowest BCUT2D eigenvalue weighted by atomic mass is 10.1. The molecule has 4 rings (SSSR count). The third-order valence-electron chi connectivity index (χ3n) is 4.87. The van der Waals surface area contributed by atoms with Gasteiger partial charge in [-0.1, -0.05) is 17.3 Å². The van der Waals surface area contributed by atoms with Crippen molar-refractivity contribution < 1.29 is 9.32 Å². The summed E-state index contributed by atoms with van der Waals surface area (Å²) in [6, 6.07) is 7.82. The summed E-state index contributed by atoms with van der Waals surface area (Å²) in [5.74, 6) is 1.90. The Bertz CT molecular complexity index is 766. The van der Waals surface area contributed by atoms with E-state index < -0.39 is 0 Å². The Hall–Kier alpha value is -2.21. The number of hydrogen-bond donors (Lipinski definition) is 0. The number of amides is 1. The van der Waals surface area contributed by atoms with Crippen LogP contribution < -0.4 is 0 Å². The molecule has 1 aromatic heterocycles. The van der Waals surface area contributed by atoms with Crippen molar-refractivity contribution in [2.45, 2.75) is 44.2 Å². The number of likely N-dealkylation sites (tertiary alicyclic amines) is 1. The molecular formula is C19H24N4O2. The Kier molecular flexibility index (Phi) is 4.29. The predicted molar refractivity (Wildman–Crippen MR) is 93.1 cm³/mol. The van der Waals surface area contributed by atoms with Gasteiger partial charge in [-0.05, 0) is 57.5 Å². The fourth-order valence-electron chi connectivity index (χ4n) is 3.49. The summed E-state index contributed by atoms with van der Waals surface area (Å²) < 4.78 is 5.39. The first-order valence-electron chi connectivity index (χ1n) is 9.00. The molecule has 0 spiro atoms. The van der Waals surface area contributed by atoms with Crippen LogP contribution >= 0.6 is 0 Å². The Labute approximate surface area is 147 Å². The molecule has 6 nitrogen and oxygen atoms in total. The first-order chi connectivity index (χ1) is 12.1. The summed E-state index contributed by atoms with van der Waals surface area (Å²) in [4.78, 5) is 21.6. The molecule has 132 valence electrons. The first-order valence-corrected chi connectivity index (χ1v) is 9.00. The Balaban J connectivity index is 1.53. The smallest absolute Gasteiger partial charge is 0.254 e. The Morgan fingerprint density at radius 1 is 1.32 bits per heavy atom. The summed E-state index contributed by atoms with van der Waals surface area (Å²) in [7, 11) is 4.05. The van der Waals surface area contributed by atoms with Gasteiger partial charge in [-0.15, -0.1) is 0 Å². The van der Waals surface area contributed by atoms with Crippen LogP contribution in [0.4, 0.5) is 0 Å². The van der Waals surface area contributed by atoms with E-state index in [0.29, 0.717) is 11.7 Å². The summed E-state index contributed by atoms with van der Waals surface area (Å²) in [5, 5.41) is 4.16. The van der Waals surface area contributed by atoms with Gasteiger partial charge >= 0.3 is 0 Å². The number of hydrogen-bond acceptors (Lipinski definition) is 5. The molecule has 0 unspecified atom stereocenters. The Morgan fingerprint density at radius 2 is 2.16 bits per heavy atom. The molecule has 0 bridgehead atoms. The molecule has 1 saturated heterocycles. The molecule has 1 amide bonds. The van der Waals surface area contributed by atoms with Crippen molar-refractivity contribution in [3.63, 3.8) is 0 Å². The molecule has 25 heavy (non-hydrogen) atoms. The second-order valence-electron chi connectivity index (χ2n) is 7.36. The van der Waals surface area contributed by atoms with Gasteiger partial charge in [0.05, 0.1) is 6.04 Å². The van der Waals surface area contributed by atoms with E-state index >= 15 is 0 Å². The summed E-state index contributed by atoms with van der Waals surface area (Å²) >= 11 is 0. The molecule has 6 heteroatoms. The van der Waals surface area contributed by atoms with E-state index in [9.17, 15) is 4.79 Å². The zero-order valence-corrected chi connectivity index (χ0v) is 14.8. The molecule has 1 aromatic carbocycles. The number of nitrogens with zero attached hydrogens (tertiary/aromatic N) is 4. The van der Waals surface area contributed by atoms with Gasteiger partial charge in [-0.25, -0.2) is 0 Å². The van der Waals surface area contributed by atoms with Crippen LogP contribution in [0.2, 0.25) is 0 Å². The molecule has 2 heterocycles. The molecule has 1 aliphatic carbocycles. The zero-order chi connectivity index (χ0) is 17.4. The van der Waals surface area contributed by atoms with Crippen molar-refractivity contribution in [1.82, 2.24) is 19.9 Å². The molecule has 1 saturated carbocycles. The fourth-order valence-corrected chi connectivity index (χ4v) is 3.49. The third-order valence-corrected chi connectivity index (χ3v) is 4.87. The molecule has 1 atom stereocenters. The zero-order valence-electron chi connectivity index (χ0n) is 14.8.